The van der Waals surface area contributed by atoms with Gasteiger partial charge in [-0.1, -0.05) is 54.7 Å². The van der Waals surface area contributed by atoms with Crippen LogP contribution in [0.4, 0.5) is 5.13 Å². The van der Waals surface area contributed by atoms with Gasteiger partial charge in [-0.05, 0) is 36.6 Å². The number of nitrogens with one attached hydrogen (secondary N) is 1. The second kappa shape index (κ2) is 10.4. The smallest absolute Gasteiger partial charge is 0.266 e. The SMILES string of the molecule is CCCCc1nnc(NC(=O)CCCN2C(=O)C(=Cc3ccc4c(c3)OCO4)SC2=S)s1. The van der Waals surface area contributed by atoms with Gasteiger partial charge in [-0.15, -0.1) is 10.2 Å². The van der Waals surface area contributed by atoms with Gasteiger partial charge < -0.3 is 14.8 Å². The fourth-order valence-electron chi connectivity index (χ4n) is 3.16. The van der Waals surface area contributed by atoms with E-state index in [-0.39, 0.29) is 25.0 Å². The van der Waals surface area contributed by atoms with Gasteiger partial charge in [0.25, 0.3) is 5.91 Å². The number of thiocarbonyl (C=S) groups is 1. The lowest BCUT2D eigenvalue weighted by molar-refractivity contribution is -0.122. The number of fused-ring (bicyclic) bond motifs is 1. The summed E-state index contributed by atoms with van der Waals surface area (Å²) >= 11 is 8.04. The number of anilines is 1. The van der Waals surface area contributed by atoms with Crippen LogP contribution in [0.2, 0.25) is 0 Å². The van der Waals surface area contributed by atoms with Crippen LogP contribution in [0.25, 0.3) is 6.08 Å². The fraction of sp³-hybridized carbons (Fsp3) is 0.381. The largest absolute Gasteiger partial charge is 0.454 e. The standard InChI is InChI=1S/C21H22N4O4S3/c1-2-3-6-18-23-24-20(32-18)22-17(26)5-4-9-25-19(27)16(31-21(25)30)11-13-7-8-14-15(10-13)29-12-28-14/h7-8,10-11H,2-6,9,12H2,1H3,(H,22,24,26). The van der Waals surface area contributed by atoms with Crippen LogP contribution < -0.4 is 14.8 Å². The predicted molar refractivity (Wildman–Crippen MR) is 129 cm³/mol. The zero-order chi connectivity index (χ0) is 22.5. The van der Waals surface area contributed by atoms with Crippen LogP contribution in [0, 0.1) is 0 Å². The molecule has 4 rings (SSSR count). The van der Waals surface area contributed by atoms with Crippen molar-refractivity contribution in [2.24, 2.45) is 0 Å². The van der Waals surface area contributed by atoms with E-state index in [0.29, 0.717) is 38.8 Å². The Bertz CT molecular complexity index is 1070. The summed E-state index contributed by atoms with van der Waals surface area (Å²) in [6.07, 6.45) is 5.57. The topological polar surface area (TPSA) is 93.7 Å². The van der Waals surface area contributed by atoms with Gasteiger partial charge in [0, 0.05) is 19.4 Å². The van der Waals surface area contributed by atoms with Crippen LogP contribution in [0.5, 0.6) is 11.5 Å². The van der Waals surface area contributed by atoms with Gasteiger partial charge in [-0.3, -0.25) is 14.5 Å². The number of carbonyl (C=O) groups is 2. The van der Waals surface area contributed by atoms with Gasteiger partial charge in [0.2, 0.25) is 17.8 Å². The van der Waals surface area contributed by atoms with Crippen molar-refractivity contribution >= 4 is 62.7 Å². The number of unbranched alkanes of at least 4 members (excludes halogenated alkanes) is 1. The Balaban J connectivity index is 1.27. The Hall–Kier alpha value is -2.50. The number of thioether (sulfide) groups is 1. The molecule has 3 heterocycles. The lowest BCUT2D eigenvalue weighted by atomic mass is 10.2. The highest BCUT2D eigenvalue weighted by atomic mass is 32.2. The molecule has 1 N–H and O–H groups in total. The molecule has 32 heavy (non-hydrogen) atoms. The van der Waals surface area contributed by atoms with Gasteiger partial charge in [-0.2, -0.15) is 0 Å². The number of hydrogen-bond acceptors (Lipinski definition) is 9. The fourth-order valence-corrected chi connectivity index (χ4v) is 5.27. The summed E-state index contributed by atoms with van der Waals surface area (Å²) in [5.74, 6) is 1.05. The molecule has 11 heteroatoms. The molecule has 2 amide bonds. The Morgan fingerprint density at radius 2 is 2.12 bits per heavy atom. The molecule has 1 aromatic heterocycles. The molecule has 0 saturated carbocycles. The molecule has 0 bridgehead atoms. The van der Waals surface area contributed by atoms with Crippen molar-refractivity contribution < 1.29 is 19.1 Å². The number of hydrogen-bond donors (Lipinski definition) is 1. The molecule has 0 spiro atoms. The van der Waals surface area contributed by atoms with E-state index in [2.05, 4.69) is 22.4 Å². The van der Waals surface area contributed by atoms with Crippen LogP contribution in [0.1, 0.15) is 43.2 Å². The van der Waals surface area contributed by atoms with Crippen LogP contribution in [0.15, 0.2) is 23.1 Å². The molecule has 8 nitrogen and oxygen atoms in total. The zero-order valence-corrected chi connectivity index (χ0v) is 19.9. The zero-order valence-electron chi connectivity index (χ0n) is 17.5. The monoisotopic (exact) mass is 490 g/mol. The summed E-state index contributed by atoms with van der Waals surface area (Å²) in [4.78, 5) is 27.1. The molecule has 1 aromatic carbocycles. The molecular weight excluding hydrogens is 468 g/mol. The second-order valence-corrected chi connectivity index (χ2v) is 9.94. The van der Waals surface area contributed by atoms with Crippen molar-refractivity contribution in [2.45, 2.75) is 39.0 Å². The Morgan fingerprint density at radius 3 is 2.97 bits per heavy atom. The molecule has 1 saturated heterocycles. The lowest BCUT2D eigenvalue weighted by Gasteiger charge is -2.13. The van der Waals surface area contributed by atoms with E-state index in [9.17, 15) is 9.59 Å². The van der Waals surface area contributed by atoms with E-state index in [1.807, 2.05) is 18.2 Å². The first-order chi connectivity index (χ1) is 15.5. The summed E-state index contributed by atoms with van der Waals surface area (Å²) in [6, 6.07) is 5.52. The van der Waals surface area contributed by atoms with Crippen LogP contribution in [0.3, 0.4) is 0 Å². The minimum Gasteiger partial charge on any atom is -0.454 e. The number of nitrogens with zero attached hydrogens (tertiary/aromatic N) is 3. The van der Waals surface area contributed by atoms with Crippen molar-refractivity contribution in [3.05, 3.63) is 33.7 Å². The number of aryl methyl sites for hydroxylation is 1. The first-order valence-corrected chi connectivity index (χ1v) is 12.3. The van der Waals surface area contributed by atoms with Crippen molar-refractivity contribution in [1.82, 2.24) is 15.1 Å². The van der Waals surface area contributed by atoms with Crippen molar-refractivity contribution in [3.63, 3.8) is 0 Å². The third-order valence-electron chi connectivity index (χ3n) is 4.81. The van der Waals surface area contributed by atoms with Gasteiger partial charge in [0.05, 0.1) is 4.91 Å². The van der Waals surface area contributed by atoms with Gasteiger partial charge in [0.15, 0.2) is 11.5 Å². The highest BCUT2D eigenvalue weighted by molar-refractivity contribution is 8.26. The lowest BCUT2D eigenvalue weighted by Crippen LogP contribution is -2.29. The number of amides is 2. The van der Waals surface area contributed by atoms with E-state index >= 15 is 0 Å². The molecule has 0 atom stereocenters. The third kappa shape index (κ3) is 5.45. The number of benzene rings is 1. The minimum atomic E-state index is -0.150. The van der Waals surface area contributed by atoms with Gasteiger partial charge in [-0.25, -0.2) is 0 Å². The molecule has 0 aliphatic carbocycles. The number of carbonyl (C=O) groups excluding carboxylic acids is 2. The number of rotatable bonds is 9. The molecule has 0 radical (unpaired) electrons. The van der Waals surface area contributed by atoms with E-state index < -0.39 is 0 Å². The van der Waals surface area contributed by atoms with Crippen molar-refractivity contribution in [1.29, 1.82) is 0 Å². The highest BCUT2D eigenvalue weighted by Crippen LogP contribution is 2.36. The average molecular weight is 491 g/mol. The van der Waals surface area contributed by atoms with E-state index in [4.69, 9.17) is 21.7 Å². The maximum absolute atomic E-state index is 12.8. The molecule has 2 aromatic rings. The molecule has 1 fully saturated rings. The van der Waals surface area contributed by atoms with Gasteiger partial charge in [0.1, 0.15) is 9.33 Å². The predicted octanol–water partition coefficient (Wildman–Crippen LogP) is 4.23. The van der Waals surface area contributed by atoms with Crippen LogP contribution >= 0.6 is 35.3 Å². The first-order valence-electron chi connectivity index (χ1n) is 10.3. The van der Waals surface area contributed by atoms with E-state index in [0.717, 1.165) is 29.8 Å². The minimum absolute atomic E-state index is 0.149. The normalized spacial score (nSPS) is 16.3. The summed E-state index contributed by atoms with van der Waals surface area (Å²) in [7, 11) is 0. The maximum atomic E-state index is 12.8. The van der Waals surface area contributed by atoms with E-state index in [1.165, 1.54) is 23.1 Å². The second-order valence-electron chi connectivity index (χ2n) is 7.20. The summed E-state index contributed by atoms with van der Waals surface area (Å²) in [5, 5.41) is 12.3. The Labute approximate surface area is 199 Å². The van der Waals surface area contributed by atoms with Crippen LogP contribution in [-0.4, -0.2) is 44.6 Å². The van der Waals surface area contributed by atoms with E-state index in [1.54, 1.807) is 11.0 Å². The highest BCUT2D eigenvalue weighted by Gasteiger charge is 2.31. The number of ether oxygens (including phenoxy) is 2. The summed E-state index contributed by atoms with van der Waals surface area (Å²) in [5.41, 5.74) is 0.837. The number of aromatic nitrogens is 2. The summed E-state index contributed by atoms with van der Waals surface area (Å²) in [6.45, 7) is 2.71. The molecular formula is C21H22N4O4S3. The molecule has 2 aliphatic rings. The van der Waals surface area contributed by atoms with Gasteiger partial charge >= 0.3 is 0 Å². The first kappa shape index (κ1) is 22.7. The quantitative estimate of drug-likeness (QED) is 0.412. The van der Waals surface area contributed by atoms with Crippen molar-refractivity contribution in [3.8, 4) is 11.5 Å². The summed E-state index contributed by atoms with van der Waals surface area (Å²) < 4.78 is 11.2. The molecule has 2 aliphatic heterocycles. The van der Waals surface area contributed by atoms with Crippen molar-refractivity contribution in [2.75, 3.05) is 18.7 Å². The Kier molecular flexibility index (Phi) is 7.38. The van der Waals surface area contributed by atoms with Crippen LogP contribution in [-0.2, 0) is 16.0 Å². The Morgan fingerprint density at radius 1 is 1.28 bits per heavy atom. The molecule has 0 unspecified atom stereocenters. The average Bonchev–Trinajstić information content (AvgIpc) is 3.48. The maximum Gasteiger partial charge on any atom is 0.266 e. The third-order valence-corrected chi connectivity index (χ3v) is 7.09. The molecule has 168 valence electrons.